The minimum atomic E-state index is -0.681. The number of pyridine rings is 1. The molecule has 1 amide bonds. The van der Waals surface area contributed by atoms with E-state index in [1.54, 1.807) is 4.90 Å². The number of likely N-dealkylation sites (N-methyl/N-ethyl adjacent to an activating group) is 1. The minimum Gasteiger partial charge on any atom is -0.505 e. The van der Waals surface area contributed by atoms with Gasteiger partial charge in [0.1, 0.15) is 11.3 Å². The van der Waals surface area contributed by atoms with Crippen molar-refractivity contribution in [2.75, 3.05) is 27.2 Å². The van der Waals surface area contributed by atoms with Crippen molar-refractivity contribution >= 4 is 23.1 Å². The molecular weight excluding hydrogens is 404 g/mol. The zero-order valence-electron chi connectivity index (χ0n) is 19.1. The van der Waals surface area contributed by atoms with Crippen LogP contribution in [0.4, 0.5) is 0 Å². The molecule has 1 saturated heterocycles. The summed E-state index contributed by atoms with van der Waals surface area (Å²) in [4.78, 5) is 34.3. The lowest BCUT2D eigenvalue weighted by Gasteiger charge is -2.26. The number of carbonyl (C=O) groups is 2. The van der Waals surface area contributed by atoms with Crippen LogP contribution in [-0.4, -0.2) is 63.2 Å². The molecule has 0 radical (unpaired) electrons. The van der Waals surface area contributed by atoms with Crippen molar-refractivity contribution in [2.45, 2.75) is 26.8 Å². The van der Waals surface area contributed by atoms with Gasteiger partial charge in [-0.15, -0.1) is 0 Å². The van der Waals surface area contributed by atoms with E-state index >= 15 is 0 Å². The van der Waals surface area contributed by atoms with Crippen molar-refractivity contribution in [1.82, 2.24) is 19.2 Å². The topological polar surface area (TPSA) is 78.1 Å². The highest BCUT2D eigenvalue weighted by molar-refractivity contribution is 6.46. The fourth-order valence-electron chi connectivity index (χ4n) is 4.19. The van der Waals surface area contributed by atoms with E-state index in [-0.39, 0.29) is 11.3 Å². The molecule has 0 saturated carbocycles. The van der Waals surface area contributed by atoms with Gasteiger partial charge in [-0.3, -0.25) is 9.59 Å². The van der Waals surface area contributed by atoms with Crippen LogP contribution in [0.2, 0.25) is 0 Å². The van der Waals surface area contributed by atoms with Crippen molar-refractivity contribution < 1.29 is 14.7 Å². The Morgan fingerprint density at radius 1 is 1.09 bits per heavy atom. The maximum atomic E-state index is 13.2. The Balaban J connectivity index is 1.91. The molecule has 1 atom stereocenters. The third-order valence-corrected chi connectivity index (χ3v) is 6.03. The van der Waals surface area contributed by atoms with Crippen LogP contribution in [0.25, 0.3) is 11.4 Å². The van der Waals surface area contributed by atoms with Crippen LogP contribution in [0.5, 0.6) is 0 Å². The summed E-state index contributed by atoms with van der Waals surface area (Å²) in [6.45, 7) is 6.74. The number of carbonyl (C=O) groups excluding carboxylic acids is 2. The number of hydrogen-bond acceptors (Lipinski definition) is 5. The lowest BCUT2D eigenvalue weighted by atomic mass is 9.95. The molecule has 1 N–H and O–H groups in total. The molecule has 1 aliphatic heterocycles. The van der Waals surface area contributed by atoms with Crippen LogP contribution in [0.15, 0.2) is 48.2 Å². The normalized spacial score (nSPS) is 18.3. The quantitative estimate of drug-likeness (QED) is 0.380. The number of imidazole rings is 1. The van der Waals surface area contributed by atoms with Crippen molar-refractivity contribution in [3.8, 4) is 0 Å². The number of Topliss-reactive ketones (excluding diaryl/α,β-unsaturated/α-hetero) is 1. The highest BCUT2D eigenvalue weighted by atomic mass is 16.3. The van der Waals surface area contributed by atoms with Gasteiger partial charge < -0.3 is 19.3 Å². The number of likely N-dealkylation sites (tertiary alicyclic amines) is 1. The molecule has 0 spiro atoms. The molecule has 7 heteroatoms. The van der Waals surface area contributed by atoms with Gasteiger partial charge in [0.05, 0.1) is 17.3 Å². The lowest BCUT2D eigenvalue weighted by molar-refractivity contribution is -0.140. The summed E-state index contributed by atoms with van der Waals surface area (Å²) in [7, 11) is 3.83. The molecule has 1 aliphatic rings. The third-order valence-electron chi connectivity index (χ3n) is 6.03. The maximum absolute atomic E-state index is 13.2. The fraction of sp³-hybridized carbons (Fsp3) is 0.320. The van der Waals surface area contributed by atoms with E-state index in [0.717, 1.165) is 16.7 Å². The maximum Gasteiger partial charge on any atom is 0.295 e. The van der Waals surface area contributed by atoms with Gasteiger partial charge in [0.2, 0.25) is 0 Å². The second-order valence-electron chi connectivity index (χ2n) is 8.64. The van der Waals surface area contributed by atoms with Gasteiger partial charge >= 0.3 is 0 Å². The molecule has 7 nitrogen and oxygen atoms in total. The number of hydrogen-bond donors (Lipinski definition) is 1. The Bertz CT molecular complexity index is 1240. The van der Waals surface area contributed by atoms with E-state index in [0.29, 0.717) is 30.1 Å². The Kier molecular flexibility index (Phi) is 5.60. The van der Waals surface area contributed by atoms with Crippen LogP contribution in [0.1, 0.15) is 34.1 Å². The van der Waals surface area contributed by atoms with Gasteiger partial charge in [-0.25, -0.2) is 4.98 Å². The molecule has 1 fully saturated rings. The van der Waals surface area contributed by atoms with E-state index in [1.165, 1.54) is 0 Å². The number of aliphatic hydroxyl groups excluding tert-OH is 1. The van der Waals surface area contributed by atoms with Crippen LogP contribution >= 0.6 is 0 Å². The molecule has 32 heavy (non-hydrogen) atoms. The first-order chi connectivity index (χ1) is 15.2. The minimum absolute atomic E-state index is 0.0850. The smallest absolute Gasteiger partial charge is 0.295 e. The Labute approximate surface area is 187 Å². The van der Waals surface area contributed by atoms with Crippen LogP contribution in [0.3, 0.4) is 0 Å². The molecule has 1 unspecified atom stereocenters. The summed E-state index contributed by atoms with van der Waals surface area (Å²) in [6, 6.07) is 10.9. The van der Waals surface area contributed by atoms with E-state index in [9.17, 15) is 14.7 Å². The van der Waals surface area contributed by atoms with Crippen LogP contribution in [0, 0.1) is 20.8 Å². The van der Waals surface area contributed by atoms with Gasteiger partial charge in [0.15, 0.2) is 5.76 Å². The average Bonchev–Trinajstić information content (AvgIpc) is 3.22. The van der Waals surface area contributed by atoms with Crippen LogP contribution in [-0.2, 0) is 9.59 Å². The van der Waals surface area contributed by atoms with E-state index in [1.807, 2.05) is 86.8 Å². The average molecular weight is 433 g/mol. The van der Waals surface area contributed by atoms with E-state index < -0.39 is 17.7 Å². The molecule has 0 aliphatic carbocycles. The third kappa shape index (κ3) is 3.58. The largest absolute Gasteiger partial charge is 0.505 e. The van der Waals surface area contributed by atoms with Crippen molar-refractivity contribution in [3.63, 3.8) is 0 Å². The predicted molar refractivity (Wildman–Crippen MR) is 123 cm³/mol. The number of aryl methyl sites for hydroxylation is 3. The Morgan fingerprint density at radius 2 is 1.78 bits per heavy atom. The first-order valence-electron chi connectivity index (χ1n) is 10.6. The molecule has 166 valence electrons. The van der Waals surface area contributed by atoms with Gasteiger partial charge in [-0.1, -0.05) is 35.9 Å². The number of amides is 1. The molecule has 1 aromatic carbocycles. The van der Waals surface area contributed by atoms with Gasteiger partial charge in [-0.05, 0) is 52.1 Å². The lowest BCUT2D eigenvalue weighted by Crippen LogP contribution is -2.35. The summed E-state index contributed by atoms with van der Waals surface area (Å²) in [5.41, 5.74) is 4.64. The molecule has 4 rings (SSSR count). The summed E-state index contributed by atoms with van der Waals surface area (Å²) in [5.74, 6) is -1.52. The first-order valence-corrected chi connectivity index (χ1v) is 10.6. The summed E-state index contributed by atoms with van der Waals surface area (Å²) >= 11 is 0. The van der Waals surface area contributed by atoms with Crippen molar-refractivity contribution in [1.29, 1.82) is 0 Å². The summed E-state index contributed by atoms with van der Waals surface area (Å²) in [5, 5.41) is 11.4. The number of aromatic nitrogens is 2. The fourth-order valence-corrected chi connectivity index (χ4v) is 4.19. The number of benzene rings is 1. The molecule has 3 heterocycles. The number of nitrogens with zero attached hydrogens (tertiary/aromatic N) is 4. The SMILES string of the molecule is Cc1ccc(C2/C(=C(\O)c3nc4c(C)cccn4c3C)C(=O)C(=O)N2CCN(C)C)cc1. The van der Waals surface area contributed by atoms with E-state index in [4.69, 9.17) is 0 Å². The summed E-state index contributed by atoms with van der Waals surface area (Å²) < 4.78 is 1.88. The zero-order valence-corrected chi connectivity index (χ0v) is 19.1. The number of aliphatic hydroxyl groups is 1. The second kappa shape index (κ2) is 8.24. The number of fused-ring (bicyclic) bond motifs is 1. The zero-order chi connectivity index (χ0) is 23.2. The van der Waals surface area contributed by atoms with Crippen molar-refractivity contribution in [3.05, 3.63) is 76.2 Å². The van der Waals surface area contributed by atoms with Gasteiger partial charge in [0, 0.05) is 19.3 Å². The predicted octanol–water partition coefficient (Wildman–Crippen LogP) is 3.24. The van der Waals surface area contributed by atoms with Crippen molar-refractivity contribution in [2.24, 2.45) is 0 Å². The molecule has 3 aromatic rings. The first kappa shape index (κ1) is 21.8. The van der Waals surface area contributed by atoms with Gasteiger partial charge in [-0.2, -0.15) is 0 Å². The number of ketones is 1. The van der Waals surface area contributed by atoms with E-state index in [2.05, 4.69) is 4.98 Å². The Morgan fingerprint density at radius 3 is 2.41 bits per heavy atom. The van der Waals surface area contributed by atoms with Crippen LogP contribution < -0.4 is 0 Å². The standard InChI is InChI=1S/C25H28N4O3/c1-15-8-10-18(11-9-15)21-19(23(31)25(32)29(21)14-13-27(4)5)22(30)20-17(3)28-12-6-7-16(2)24(28)26-20/h6-12,21,30H,13-14H2,1-5H3/b22-19+. The highest BCUT2D eigenvalue weighted by Gasteiger charge is 2.46. The highest BCUT2D eigenvalue weighted by Crippen LogP contribution is 2.39. The monoisotopic (exact) mass is 432 g/mol. The molecular formula is C25H28N4O3. The second-order valence-corrected chi connectivity index (χ2v) is 8.64. The molecule has 0 bridgehead atoms. The number of rotatable bonds is 5. The Hall–Kier alpha value is -3.45. The van der Waals surface area contributed by atoms with Gasteiger partial charge in [0.25, 0.3) is 11.7 Å². The molecule has 2 aromatic heterocycles. The summed E-state index contributed by atoms with van der Waals surface area (Å²) in [6.07, 6.45) is 1.87.